The predicted octanol–water partition coefficient (Wildman–Crippen LogP) is 2.66. The number of aromatic hydroxyl groups is 1. The van der Waals surface area contributed by atoms with E-state index in [0.29, 0.717) is 17.4 Å². The summed E-state index contributed by atoms with van der Waals surface area (Å²) < 4.78 is 2.43. The number of phenolic OH excluding ortho intramolecular Hbond substituents is 1. The van der Waals surface area contributed by atoms with Crippen molar-refractivity contribution >= 4 is 27.2 Å². The van der Waals surface area contributed by atoms with Gasteiger partial charge in [-0.2, -0.15) is 0 Å². The Balaban J connectivity index is 1.69. The highest BCUT2D eigenvalue weighted by molar-refractivity contribution is 7.17. The second-order valence-corrected chi connectivity index (χ2v) is 8.09. The molecule has 2 aromatic heterocycles. The van der Waals surface area contributed by atoms with Gasteiger partial charge in [-0.05, 0) is 56.9 Å². The van der Waals surface area contributed by atoms with Gasteiger partial charge in [-0.3, -0.25) is 9.36 Å². The summed E-state index contributed by atoms with van der Waals surface area (Å²) in [4.78, 5) is 15.1. The van der Waals surface area contributed by atoms with Gasteiger partial charge in [0.05, 0.1) is 5.56 Å². The van der Waals surface area contributed by atoms with Crippen molar-refractivity contribution < 1.29 is 5.11 Å². The lowest BCUT2D eigenvalue weighted by atomic mass is 9.98. The lowest BCUT2D eigenvalue weighted by Gasteiger charge is -2.37. The number of aromatic nitrogens is 3. The standard InChI is InChI=1S/C19H23N5O2S/c1-11-14(5-4-9-23(11)2)20-17-19(26)24(3)18(22-21-17)13-6-7-15-12(16(13)25)8-10-27-15/h6-8,10-11,14,25H,4-5,9H2,1-3H3,(H,20,21)/t11-,14-/m1/s1. The van der Waals surface area contributed by atoms with E-state index >= 15 is 0 Å². The molecular weight excluding hydrogens is 362 g/mol. The maximum absolute atomic E-state index is 12.9. The normalized spacial score (nSPS) is 20.9. The van der Waals surface area contributed by atoms with Gasteiger partial charge in [-0.15, -0.1) is 21.5 Å². The van der Waals surface area contributed by atoms with Crippen molar-refractivity contribution in [2.45, 2.75) is 31.8 Å². The third-order valence-electron chi connectivity index (χ3n) is 5.54. The summed E-state index contributed by atoms with van der Waals surface area (Å²) in [7, 11) is 3.75. The van der Waals surface area contributed by atoms with Crippen LogP contribution in [-0.4, -0.2) is 50.4 Å². The molecule has 3 heterocycles. The first-order chi connectivity index (χ1) is 13.0. The molecule has 3 aromatic rings. The molecule has 0 radical (unpaired) electrons. The van der Waals surface area contributed by atoms with Crippen molar-refractivity contribution in [1.82, 2.24) is 19.7 Å². The monoisotopic (exact) mass is 385 g/mol. The van der Waals surface area contributed by atoms with E-state index in [4.69, 9.17) is 0 Å². The third-order valence-corrected chi connectivity index (χ3v) is 6.43. The van der Waals surface area contributed by atoms with E-state index in [0.717, 1.165) is 29.5 Å². The number of nitrogens with zero attached hydrogens (tertiary/aromatic N) is 4. The Kier molecular flexibility index (Phi) is 4.61. The Morgan fingerprint density at radius 3 is 2.89 bits per heavy atom. The van der Waals surface area contributed by atoms with Gasteiger partial charge < -0.3 is 15.3 Å². The molecular formula is C19H23N5O2S. The third kappa shape index (κ3) is 3.08. The summed E-state index contributed by atoms with van der Waals surface area (Å²) in [5.74, 6) is 0.732. The molecule has 1 aliphatic heterocycles. The number of hydrogen-bond acceptors (Lipinski definition) is 7. The van der Waals surface area contributed by atoms with Crippen molar-refractivity contribution in [3.8, 4) is 17.1 Å². The highest BCUT2D eigenvalue weighted by atomic mass is 32.1. The molecule has 8 heteroatoms. The highest BCUT2D eigenvalue weighted by Crippen LogP contribution is 2.36. The molecule has 27 heavy (non-hydrogen) atoms. The van der Waals surface area contributed by atoms with E-state index in [9.17, 15) is 9.90 Å². The fourth-order valence-corrected chi connectivity index (χ4v) is 4.47. The number of benzene rings is 1. The van der Waals surface area contributed by atoms with E-state index in [2.05, 4.69) is 34.4 Å². The fraction of sp³-hybridized carbons (Fsp3) is 0.421. The predicted molar refractivity (Wildman–Crippen MR) is 108 cm³/mol. The summed E-state index contributed by atoms with van der Waals surface area (Å²) in [5.41, 5.74) is 0.260. The van der Waals surface area contributed by atoms with E-state index < -0.39 is 0 Å². The van der Waals surface area contributed by atoms with Crippen molar-refractivity contribution in [1.29, 1.82) is 0 Å². The molecule has 0 amide bonds. The summed E-state index contributed by atoms with van der Waals surface area (Å²) in [6, 6.07) is 6.04. The molecule has 2 N–H and O–H groups in total. The number of anilines is 1. The van der Waals surface area contributed by atoms with Gasteiger partial charge in [0, 0.05) is 29.2 Å². The molecule has 0 spiro atoms. The quantitative estimate of drug-likeness (QED) is 0.721. The number of nitrogens with one attached hydrogen (secondary N) is 1. The van der Waals surface area contributed by atoms with Crippen LogP contribution in [0.3, 0.4) is 0 Å². The minimum atomic E-state index is -0.245. The van der Waals surface area contributed by atoms with Crippen LogP contribution in [-0.2, 0) is 7.05 Å². The number of phenols is 1. The molecule has 2 atom stereocenters. The molecule has 0 unspecified atom stereocenters. The number of thiophene rings is 1. The Hall–Kier alpha value is -2.45. The van der Waals surface area contributed by atoms with Crippen LogP contribution in [0, 0.1) is 0 Å². The molecule has 4 rings (SSSR count). The van der Waals surface area contributed by atoms with Crippen molar-refractivity contribution in [2.75, 3.05) is 18.9 Å². The molecule has 0 aliphatic carbocycles. The smallest absolute Gasteiger partial charge is 0.296 e. The maximum atomic E-state index is 12.9. The summed E-state index contributed by atoms with van der Waals surface area (Å²) in [5, 5.41) is 25.0. The van der Waals surface area contributed by atoms with Crippen LogP contribution in [0.25, 0.3) is 21.5 Å². The molecule has 1 fully saturated rings. The minimum Gasteiger partial charge on any atom is -0.507 e. The van der Waals surface area contributed by atoms with Gasteiger partial charge >= 0.3 is 0 Å². The van der Waals surface area contributed by atoms with Crippen LogP contribution in [0.15, 0.2) is 28.4 Å². The summed E-state index contributed by atoms with van der Waals surface area (Å²) >= 11 is 1.56. The fourth-order valence-electron chi connectivity index (χ4n) is 3.68. The van der Waals surface area contributed by atoms with E-state index in [1.807, 2.05) is 17.5 Å². The molecule has 0 bridgehead atoms. The number of piperidine rings is 1. The average molecular weight is 385 g/mol. The summed E-state index contributed by atoms with van der Waals surface area (Å²) in [6.07, 6.45) is 2.08. The number of fused-ring (bicyclic) bond motifs is 1. The SMILES string of the molecule is C[C@@H]1[C@H](Nc2nnc(-c3ccc4sccc4c3O)n(C)c2=O)CCCN1C. The first kappa shape index (κ1) is 17.9. The zero-order chi connectivity index (χ0) is 19.1. The minimum absolute atomic E-state index is 0.126. The van der Waals surface area contributed by atoms with Crippen LogP contribution in [0.2, 0.25) is 0 Å². The van der Waals surface area contributed by atoms with Gasteiger partial charge in [0.25, 0.3) is 5.56 Å². The molecule has 7 nitrogen and oxygen atoms in total. The molecule has 1 aromatic carbocycles. The lowest BCUT2D eigenvalue weighted by molar-refractivity contribution is 0.184. The van der Waals surface area contributed by atoms with Gasteiger partial charge in [-0.25, -0.2) is 0 Å². The first-order valence-electron chi connectivity index (χ1n) is 9.07. The Bertz CT molecular complexity index is 1040. The molecule has 1 aliphatic rings. The van der Waals surface area contributed by atoms with Gasteiger partial charge in [0.1, 0.15) is 5.75 Å². The zero-order valence-corrected chi connectivity index (χ0v) is 16.5. The largest absolute Gasteiger partial charge is 0.507 e. The maximum Gasteiger partial charge on any atom is 0.296 e. The van der Waals surface area contributed by atoms with E-state index in [1.54, 1.807) is 24.5 Å². The highest BCUT2D eigenvalue weighted by Gasteiger charge is 2.27. The average Bonchev–Trinajstić information content (AvgIpc) is 3.13. The second-order valence-electron chi connectivity index (χ2n) is 7.14. The molecule has 0 saturated carbocycles. The van der Waals surface area contributed by atoms with Crippen molar-refractivity contribution in [3.63, 3.8) is 0 Å². The Morgan fingerprint density at radius 2 is 2.07 bits per heavy atom. The van der Waals surface area contributed by atoms with Gasteiger partial charge in [0.15, 0.2) is 5.82 Å². The second kappa shape index (κ2) is 6.94. The molecule has 1 saturated heterocycles. The number of rotatable bonds is 3. The van der Waals surface area contributed by atoms with Crippen LogP contribution < -0.4 is 10.9 Å². The number of likely N-dealkylation sites (tertiary alicyclic amines) is 1. The van der Waals surface area contributed by atoms with Crippen LogP contribution in [0.4, 0.5) is 5.82 Å². The lowest BCUT2D eigenvalue weighted by Crippen LogP contribution is -2.48. The van der Waals surface area contributed by atoms with Crippen molar-refractivity contribution in [3.05, 3.63) is 33.9 Å². The molecule has 142 valence electrons. The van der Waals surface area contributed by atoms with Crippen LogP contribution in [0.5, 0.6) is 5.75 Å². The topological polar surface area (TPSA) is 83.3 Å². The van der Waals surface area contributed by atoms with Gasteiger partial charge in [-0.1, -0.05) is 0 Å². The van der Waals surface area contributed by atoms with E-state index in [-0.39, 0.29) is 23.2 Å². The van der Waals surface area contributed by atoms with Crippen LogP contribution >= 0.6 is 11.3 Å². The van der Waals surface area contributed by atoms with Gasteiger partial charge in [0.2, 0.25) is 5.82 Å². The zero-order valence-electron chi connectivity index (χ0n) is 15.6. The van der Waals surface area contributed by atoms with Crippen LogP contribution in [0.1, 0.15) is 19.8 Å². The number of hydrogen-bond donors (Lipinski definition) is 2. The first-order valence-corrected chi connectivity index (χ1v) is 9.95. The summed E-state index contributed by atoms with van der Waals surface area (Å²) in [6.45, 7) is 3.21. The van der Waals surface area contributed by atoms with E-state index in [1.165, 1.54) is 4.57 Å². The Morgan fingerprint density at radius 1 is 1.26 bits per heavy atom. The number of likely N-dealkylation sites (N-methyl/N-ethyl adjacent to an activating group) is 1. The van der Waals surface area contributed by atoms with Crippen molar-refractivity contribution in [2.24, 2.45) is 7.05 Å². The Labute approximate surface area is 161 Å².